The van der Waals surface area contributed by atoms with E-state index in [1.165, 1.54) is 19.3 Å². The van der Waals surface area contributed by atoms with Crippen LogP contribution in [-0.4, -0.2) is 12.5 Å². The van der Waals surface area contributed by atoms with E-state index in [9.17, 15) is 4.79 Å². The second kappa shape index (κ2) is 9.56. The van der Waals surface area contributed by atoms with Crippen molar-refractivity contribution in [3.8, 4) is 5.75 Å². The van der Waals surface area contributed by atoms with Gasteiger partial charge in [0, 0.05) is 16.6 Å². The van der Waals surface area contributed by atoms with Crippen LogP contribution in [0.1, 0.15) is 43.0 Å². The molecule has 0 bridgehead atoms. The van der Waals surface area contributed by atoms with Gasteiger partial charge >= 0.3 is 0 Å². The van der Waals surface area contributed by atoms with Gasteiger partial charge < -0.3 is 10.1 Å². The van der Waals surface area contributed by atoms with Crippen LogP contribution in [0.25, 0.3) is 10.8 Å². The van der Waals surface area contributed by atoms with Gasteiger partial charge in [-0.25, -0.2) is 0 Å². The van der Waals surface area contributed by atoms with E-state index in [2.05, 4.69) is 28.2 Å². The van der Waals surface area contributed by atoms with Crippen molar-refractivity contribution >= 4 is 38.3 Å². The lowest BCUT2D eigenvalue weighted by Crippen LogP contribution is -2.12. The number of nitrogens with one attached hydrogen (secondary N) is 1. The van der Waals surface area contributed by atoms with E-state index in [4.69, 9.17) is 4.74 Å². The zero-order chi connectivity index (χ0) is 19.1. The van der Waals surface area contributed by atoms with Crippen molar-refractivity contribution in [3.05, 3.63) is 70.7 Å². The van der Waals surface area contributed by atoms with Gasteiger partial charge in [-0.15, -0.1) is 0 Å². The minimum absolute atomic E-state index is 0.137. The molecule has 0 fully saturated rings. The second-order valence-corrected chi connectivity index (χ2v) is 7.39. The van der Waals surface area contributed by atoms with Crippen LogP contribution < -0.4 is 10.1 Å². The smallest absolute Gasteiger partial charge is 0.255 e. The molecule has 0 saturated heterocycles. The van der Waals surface area contributed by atoms with Gasteiger partial charge in [0.05, 0.1) is 11.1 Å². The van der Waals surface area contributed by atoms with E-state index in [1.54, 1.807) is 6.07 Å². The topological polar surface area (TPSA) is 38.3 Å². The van der Waals surface area contributed by atoms with E-state index in [1.807, 2.05) is 54.6 Å². The van der Waals surface area contributed by atoms with Crippen molar-refractivity contribution in [2.24, 2.45) is 0 Å². The number of amides is 1. The fourth-order valence-electron chi connectivity index (χ4n) is 3.00. The minimum atomic E-state index is -0.137. The molecule has 0 heterocycles. The number of rotatable bonds is 8. The van der Waals surface area contributed by atoms with Crippen LogP contribution in [0.3, 0.4) is 0 Å². The summed E-state index contributed by atoms with van der Waals surface area (Å²) in [5.74, 6) is 0.634. The third-order valence-corrected chi connectivity index (χ3v) is 5.11. The average Bonchev–Trinajstić information content (AvgIpc) is 2.69. The number of fused-ring (bicyclic) bond motifs is 1. The standard InChI is InChI=1S/C23H24BrNO2/c1-2-3-4-7-15-27-22-14-13-18(16-20(22)24)23(26)25-21-12-8-10-17-9-5-6-11-19(17)21/h5-6,8-14,16H,2-4,7,15H2,1H3,(H,25,26). The van der Waals surface area contributed by atoms with Crippen LogP contribution in [0.2, 0.25) is 0 Å². The lowest BCUT2D eigenvalue weighted by Gasteiger charge is -2.11. The van der Waals surface area contributed by atoms with E-state index in [0.717, 1.165) is 33.1 Å². The SMILES string of the molecule is CCCCCCOc1ccc(C(=O)Nc2cccc3ccccc23)cc1Br. The highest BCUT2D eigenvalue weighted by Crippen LogP contribution is 2.28. The van der Waals surface area contributed by atoms with Crippen molar-refractivity contribution < 1.29 is 9.53 Å². The highest BCUT2D eigenvalue weighted by atomic mass is 79.9. The molecule has 0 aliphatic carbocycles. The van der Waals surface area contributed by atoms with Crippen molar-refractivity contribution in [3.63, 3.8) is 0 Å². The molecule has 0 saturated carbocycles. The highest BCUT2D eigenvalue weighted by Gasteiger charge is 2.11. The fraction of sp³-hybridized carbons (Fsp3) is 0.261. The Morgan fingerprint density at radius 2 is 1.81 bits per heavy atom. The summed E-state index contributed by atoms with van der Waals surface area (Å²) >= 11 is 3.52. The lowest BCUT2D eigenvalue weighted by molar-refractivity contribution is 0.102. The van der Waals surface area contributed by atoms with Crippen LogP contribution in [-0.2, 0) is 0 Å². The molecular weight excluding hydrogens is 402 g/mol. The molecule has 3 nitrogen and oxygen atoms in total. The second-order valence-electron chi connectivity index (χ2n) is 6.54. The number of carbonyl (C=O) groups excluding carboxylic acids is 1. The Kier molecular flexibility index (Phi) is 6.88. The maximum absolute atomic E-state index is 12.7. The Balaban J connectivity index is 1.67. The molecule has 0 aromatic heterocycles. The molecule has 0 aliphatic rings. The maximum atomic E-state index is 12.7. The van der Waals surface area contributed by atoms with Gasteiger partial charge in [0.15, 0.2) is 0 Å². The predicted molar refractivity (Wildman–Crippen MR) is 116 cm³/mol. The number of ether oxygens (including phenoxy) is 1. The summed E-state index contributed by atoms with van der Waals surface area (Å²) in [5.41, 5.74) is 1.40. The Hall–Kier alpha value is -2.33. The highest BCUT2D eigenvalue weighted by molar-refractivity contribution is 9.10. The maximum Gasteiger partial charge on any atom is 0.255 e. The summed E-state index contributed by atoms with van der Waals surface area (Å²) in [6.45, 7) is 2.89. The fourth-order valence-corrected chi connectivity index (χ4v) is 3.49. The first-order valence-electron chi connectivity index (χ1n) is 9.40. The zero-order valence-electron chi connectivity index (χ0n) is 15.5. The van der Waals surface area contributed by atoms with Gasteiger partial charge in [0.25, 0.3) is 5.91 Å². The molecule has 0 spiro atoms. The van der Waals surface area contributed by atoms with Crippen LogP contribution in [0.15, 0.2) is 65.1 Å². The van der Waals surface area contributed by atoms with E-state index in [0.29, 0.717) is 12.2 Å². The normalized spacial score (nSPS) is 10.7. The number of carbonyl (C=O) groups is 1. The summed E-state index contributed by atoms with van der Waals surface area (Å²) in [6.07, 6.45) is 4.67. The number of benzene rings is 3. The molecular formula is C23H24BrNO2. The van der Waals surface area contributed by atoms with E-state index >= 15 is 0 Å². The summed E-state index contributed by atoms with van der Waals surface area (Å²) in [4.78, 5) is 12.7. The number of anilines is 1. The number of halogens is 1. The quantitative estimate of drug-likeness (QED) is 0.402. The molecule has 0 radical (unpaired) electrons. The lowest BCUT2D eigenvalue weighted by atomic mass is 10.1. The molecule has 3 rings (SSSR count). The monoisotopic (exact) mass is 425 g/mol. The first kappa shape index (κ1) is 19.4. The van der Waals surface area contributed by atoms with Gasteiger partial charge in [-0.3, -0.25) is 4.79 Å². The number of hydrogen-bond donors (Lipinski definition) is 1. The Morgan fingerprint density at radius 3 is 2.63 bits per heavy atom. The summed E-state index contributed by atoms with van der Waals surface area (Å²) in [5, 5.41) is 5.14. The molecule has 0 unspecified atom stereocenters. The molecule has 4 heteroatoms. The van der Waals surface area contributed by atoms with Gasteiger partial charge in [-0.05, 0) is 52.0 Å². The van der Waals surface area contributed by atoms with Gasteiger partial charge in [-0.2, -0.15) is 0 Å². The van der Waals surface area contributed by atoms with Gasteiger partial charge in [-0.1, -0.05) is 62.6 Å². The summed E-state index contributed by atoms with van der Waals surface area (Å²) < 4.78 is 6.61. The van der Waals surface area contributed by atoms with Gasteiger partial charge in [0.2, 0.25) is 0 Å². The van der Waals surface area contributed by atoms with Crippen molar-refractivity contribution in [2.45, 2.75) is 32.6 Å². The van der Waals surface area contributed by atoms with Crippen molar-refractivity contribution in [2.75, 3.05) is 11.9 Å². The molecule has 1 N–H and O–H groups in total. The minimum Gasteiger partial charge on any atom is -0.492 e. The number of hydrogen-bond acceptors (Lipinski definition) is 2. The van der Waals surface area contributed by atoms with Crippen LogP contribution >= 0.6 is 15.9 Å². The molecule has 0 aliphatic heterocycles. The zero-order valence-corrected chi connectivity index (χ0v) is 17.1. The van der Waals surface area contributed by atoms with Crippen LogP contribution in [0, 0.1) is 0 Å². The third-order valence-electron chi connectivity index (χ3n) is 4.49. The van der Waals surface area contributed by atoms with Crippen LogP contribution in [0.5, 0.6) is 5.75 Å². The molecule has 3 aromatic carbocycles. The Bertz CT molecular complexity index is 918. The Morgan fingerprint density at radius 1 is 1.00 bits per heavy atom. The summed E-state index contributed by atoms with van der Waals surface area (Å²) in [7, 11) is 0. The molecule has 1 amide bonds. The first-order chi connectivity index (χ1) is 13.2. The largest absolute Gasteiger partial charge is 0.492 e. The predicted octanol–water partition coefficient (Wildman–Crippen LogP) is 6.81. The molecule has 27 heavy (non-hydrogen) atoms. The Labute approximate surface area is 168 Å². The summed E-state index contributed by atoms with van der Waals surface area (Å²) in [6, 6.07) is 19.4. The van der Waals surface area contributed by atoms with E-state index < -0.39 is 0 Å². The third kappa shape index (κ3) is 5.10. The van der Waals surface area contributed by atoms with Crippen molar-refractivity contribution in [1.29, 1.82) is 0 Å². The molecule has 3 aromatic rings. The van der Waals surface area contributed by atoms with Crippen LogP contribution in [0.4, 0.5) is 5.69 Å². The average molecular weight is 426 g/mol. The molecule has 0 atom stereocenters. The van der Waals surface area contributed by atoms with Gasteiger partial charge in [0.1, 0.15) is 5.75 Å². The first-order valence-corrected chi connectivity index (χ1v) is 10.2. The molecule has 140 valence electrons. The number of unbranched alkanes of at least 4 members (excludes halogenated alkanes) is 3. The van der Waals surface area contributed by atoms with E-state index in [-0.39, 0.29) is 5.91 Å². The van der Waals surface area contributed by atoms with Crippen molar-refractivity contribution in [1.82, 2.24) is 0 Å².